The third kappa shape index (κ3) is 2.14. The molecule has 4 nitrogen and oxygen atoms in total. The molecule has 16 heavy (non-hydrogen) atoms. The van der Waals surface area contributed by atoms with Crippen molar-refractivity contribution in [2.24, 2.45) is 0 Å². The van der Waals surface area contributed by atoms with Gasteiger partial charge in [-0.25, -0.2) is 0 Å². The highest BCUT2D eigenvalue weighted by molar-refractivity contribution is 5.96. The van der Waals surface area contributed by atoms with Crippen LogP contribution in [0.5, 0.6) is 5.75 Å². The SMILES string of the molecule is CNC(=O)c1cc(OC2CC2)ccc1C#N. The Morgan fingerprint density at radius 2 is 2.31 bits per heavy atom. The van der Waals surface area contributed by atoms with E-state index in [1.165, 1.54) is 7.05 Å². The standard InChI is InChI=1S/C12H12N2O2/c1-14-12(15)11-6-10(16-9-4-5-9)3-2-8(11)7-13/h2-3,6,9H,4-5H2,1H3,(H,14,15). The van der Waals surface area contributed by atoms with Gasteiger partial charge in [-0.05, 0) is 31.0 Å². The zero-order chi connectivity index (χ0) is 11.5. The minimum absolute atomic E-state index is 0.266. The van der Waals surface area contributed by atoms with Crippen LogP contribution in [0.15, 0.2) is 18.2 Å². The molecular formula is C12H12N2O2. The van der Waals surface area contributed by atoms with Gasteiger partial charge in [-0.15, -0.1) is 0 Å². The molecule has 0 heterocycles. The van der Waals surface area contributed by atoms with Crippen molar-refractivity contribution in [3.05, 3.63) is 29.3 Å². The summed E-state index contributed by atoms with van der Waals surface area (Å²) in [7, 11) is 1.54. The summed E-state index contributed by atoms with van der Waals surface area (Å²) in [6, 6.07) is 6.95. The van der Waals surface area contributed by atoms with E-state index in [-0.39, 0.29) is 12.0 Å². The molecule has 0 radical (unpaired) electrons. The molecule has 0 saturated heterocycles. The number of ether oxygens (including phenoxy) is 1. The normalized spacial score (nSPS) is 14.0. The average Bonchev–Trinajstić information content (AvgIpc) is 3.12. The van der Waals surface area contributed by atoms with Crippen LogP contribution in [0.1, 0.15) is 28.8 Å². The maximum absolute atomic E-state index is 11.5. The Kier molecular flexibility index (Phi) is 2.78. The van der Waals surface area contributed by atoms with Crippen LogP contribution in [-0.2, 0) is 0 Å². The first-order valence-electron chi connectivity index (χ1n) is 5.17. The third-order valence-electron chi connectivity index (χ3n) is 2.41. The molecule has 82 valence electrons. The van der Waals surface area contributed by atoms with E-state index < -0.39 is 0 Å². The summed E-state index contributed by atoms with van der Waals surface area (Å²) in [6.45, 7) is 0. The second kappa shape index (κ2) is 4.23. The molecule has 1 fully saturated rings. The zero-order valence-corrected chi connectivity index (χ0v) is 8.99. The van der Waals surface area contributed by atoms with E-state index in [1.54, 1.807) is 18.2 Å². The van der Waals surface area contributed by atoms with Gasteiger partial charge in [0.15, 0.2) is 0 Å². The van der Waals surface area contributed by atoms with Crippen LogP contribution < -0.4 is 10.1 Å². The predicted molar refractivity (Wildman–Crippen MR) is 58.2 cm³/mol. The van der Waals surface area contributed by atoms with E-state index in [1.807, 2.05) is 6.07 Å². The number of nitrogens with zero attached hydrogens (tertiary/aromatic N) is 1. The van der Waals surface area contributed by atoms with Crippen molar-refractivity contribution in [1.29, 1.82) is 5.26 Å². The summed E-state index contributed by atoms with van der Waals surface area (Å²) < 4.78 is 5.57. The molecule has 0 unspecified atom stereocenters. The van der Waals surface area contributed by atoms with Crippen molar-refractivity contribution in [3.63, 3.8) is 0 Å². The molecule has 2 rings (SSSR count). The monoisotopic (exact) mass is 216 g/mol. The average molecular weight is 216 g/mol. The molecule has 1 aromatic carbocycles. The summed E-state index contributed by atoms with van der Waals surface area (Å²) in [6.07, 6.45) is 2.41. The van der Waals surface area contributed by atoms with Gasteiger partial charge < -0.3 is 10.1 Å². The molecule has 0 aromatic heterocycles. The summed E-state index contributed by atoms with van der Waals surface area (Å²) >= 11 is 0. The molecular weight excluding hydrogens is 204 g/mol. The van der Waals surface area contributed by atoms with Gasteiger partial charge >= 0.3 is 0 Å². The Labute approximate surface area is 93.8 Å². The van der Waals surface area contributed by atoms with E-state index >= 15 is 0 Å². The topological polar surface area (TPSA) is 62.1 Å². The van der Waals surface area contributed by atoms with Gasteiger partial charge in [-0.2, -0.15) is 5.26 Å². The van der Waals surface area contributed by atoms with Crippen LogP contribution in [0.25, 0.3) is 0 Å². The first-order valence-corrected chi connectivity index (χ1v) is 5.17. The highest BCUT2D eigenvalue weighted by Gasteiger charge is 2.24. The van der Waals surface area contributed by atoms with Crippen LogP contribution in [0, 0.1) is 11.3 Å². The van der Waals surface area contributed by atoms with E-state index in [0.717, 1.165) is 12.8 Å². The van der Waals surface area contributed by atoms with Crippen LogP contribution in [0.2, 0.25) is 0 Å². The molecule has 4 heteroatoms. The Bertz CT molecular complexity index is 459. The molecule has 0 aliphatic heterocycles. The van der Waals surface area contributed by atoms with E-state index in [0.29, 0.717) is 16.9 Å². The zero-order valence-electron chi connectivity index (χ0n) is 8.99. The Morgan fingerprint density at radius 3 is 2.88 bits per heavy atom. The van der Waals surface area contributed by atoms with Crippen molar-refractivity contribution in [2.45, 2.75) is 18.9 Å². The molecule has 1 aromatic rings. The number of nitrogens with one attached hydrogen (secondary N) is 1. The minimum atomic E-state index is -0.266. The van der Waals surface area contributed by atoms with Gasteiger partial charge in [0.1, 0.15) is 5.75 Å². The number of carbonyl (C=O) groups is 1. The highest BCUT2D eigenvalue weighted by Crippen LogP contribution is 2.27. The quantitative estimate of drug-likeness (QED) is 0.832. The molecule has 0 atom stereocenters. The predicted octanol–water partition coefficient (Wildman–Crippen LogP) is 1.46. The maximum Gasteiger partial charge on any atom is 0.252 e. The number of rotatable bonds is 3. The van der Waals surface area contributed by atoms with E-state index in [2.05, 4.69) is 5.32 Å². The second-order valence-electron chi connectivity index (χ2n) is 3.72. The van der Waals surface area contributed by atoms with E-state index in [9.17, 15) is 4.79 Å². The van der Waals surface area contributed by atoms with Crippen LogP contribution in [0.3, 0.4) is 0 Å². The van der Waals surface area contributed by atoms with Crippen LogP contribution in [0.4, 0.5) is 0 Å². The summed E-state index contributed by atoms with van der Waals surface area (Å²) in [5, 5.41) is 11.4. The molecule has 1 amide bonds. The largest absolute Gasteiger partial charge is 0.490 e. The number of benzene rings is 1. The third-order valence-corrected chi connectivity index (χ3v) is 2.41. The number of nitriles is 1. The fourth-order valence-electron chi connectivity index (χ4n) is 1.40. The Balaban J connectivity index is 2.30. The van der Waals surface area contributed by atoms with E-state index in [4.69, 9.17) is 10.00 Å². The van der Waals surface area contributed by atoms with Crippen LogP contribution in [-0.4, -0.2) is 19.1 Å². The molecule has 1 N–H and O–H groups in total. The molecule has 1 aliphatic carbocycles. The maximum atomic E-state index is 11.5. The highest BCUT2D eigenvalue weighted by atomic mass is 16.5. The van der Waals surface area contributed by atoms with Crippen molar-refractivity contribution in [2.75, 3.05) is 7.05 Å². The lowest BCUT2D eigenvalue weighted by molar-refractivity contribution is 0.0962. The number of hydrogen-bond donors (Lipinski definition) is 1. The van der Waals surface area contributed by atoms with Gasteiger partial charge in [-0.1, -0.05) is 0 Å². The lowest BCUT2D eigenvalue weighted by Crippen LogP contribution is -2.19. The molecule has 0 bridgehead atoms. The van der Waals surface area contributed by atoms with Crippen LogP contribution >= 0.6 is 0 Å². The summed E-state index contributed by atoms with van der Waals surface area (Å²) in [5.41, 5.74) is 0.727. The fourth-order valence-corrected chi connectivity index (χ4v) is 1.40. The first-order chi connectivity index (χ1) is 7.74. The lowest BCUT2D eigenvalue weighted by atomic mass is 10.1. The Hall–Kier alpha value is -2.02. The summed E-state index contributed by atoms with van der Waals surface area (Å²) in [4.78, 5) is 11.5. The molecule has 1 aliphatic rings. The van der Waals surface area contributed by atoms with Crippen molar-refractivity contribution < 1.29 is 9.53 Å². The van der Waals surface area contributed by atoms with Gasteiger partial charge in [-0.3, -0.25) is 4.79 Å². The van der Waals surface area contributed by atoms with Crippen molar-refractivity contribution >= 4 is 5.91 Å². The lowest BCUT2D eigenvalue weighted by Gasteiger charge is -2.07. The molecule has 1 saturated carbocycles. The first kappa shape index (κ1) is 10.5. The summed E-state index contributed by atoms with van der Waals surface area (Å²) in [5.74, 6) is 0.387. The van der Waals surface area contributed by atoms with Gasteiger partial charge in [0.05, 0.1) is 23.3 Å². The second-order valence-corrected chi connectivity index (χ2v) is 3.72. The molecule has 0 spiro atoms. The Morgan fingerprint density at radius 1 is 1.56 bits per heavy atom. The van der Waals surface area contributed by atoms with Gasteiger partial charge in [0.2, 0.25) is 0 Å². The smallest absolute Gasteiger partial charge is 0.252 e. The van der Waals surface area contributed by atoms with Crippen molar-refractivity contribution in [3.8, 4) is 11.8 Å². The fraction of sp³-hybridized carbons (Fsp3) is 0.333. The van der Waals surface area contributed by atoms with Gasteiger partial charge in [0, 0.05) is 7.05 Å². The number of carbonyl (C=O) groups excluding carboxylic acids is 1. The van der Waals surface area contributed by atoms with Gasteiger partial charge in [0.25, 0.3) is 5.91 Å². The van der Waals surface area contributed by atoms with Crippen molar-refractivity contribution in [1.82, 2.24) is 5.32 Å². The number of amides is 1. The number of hydrogen-bond acceptors (Lipinski definition) is 3. The minimum Gasteiger partial charge on any atom is -0.490 e.